The Morgan fingerprint density at radius 1 is 1.00 bits per heavy atom. The molecule has 4 aliphatic rings. The topological polar surface area (TPSA) is 8.81 Å². The number of rotatable bonds is 6. The van der Waals surface area contributed by atoms with E-state index in [9.17, 15) is 0 Å². The molecule has 0 saturated heterocycles. The summed E-state index contributed by atoms with van der Waals surface area (Å²) in [5.74, 6) is 2.14. The minimum Gasteiger partial charge on any atom is -0.226 e. The summed E-state index contributed by atoms with van der Waals surface area (Å²) in [6.45, 7) is 19.2. The first kappa shape index (κ1) is 25.0. The lowest BCUT2D eigenvalue weighted by atomic mass is 9.47. The zero-order chi connectivity index (χ0) is 26.4. The van der Waals surface area contributed by atoms with Crippen LogP contribution in [0.2, 0.25) is 0 Å². The number of benzene rings is 2. The molecule has 1 aliphatic heterocycles. The van der Waals surface area contributed by atoms with Crippen LogP contribution in [-0.4, -0.2) is 4.57 Å². The molecule has 1 saturated carbocycles. The molecular formula is C35H47N2+. The van der Waals surface area contributed by atoms with Crippen LogP contribution in [-0.2, 0) is 28.8 Å². The van der Waals surface area contributed by atoms with Gasteiger partial charge in [-0.1, -0.05) is 79.2 Å². The second-order valence-electron chi connectivity index (χ2n) is 13.3. The highest BCUT2D eigenvalue weighted by molar-refractivity contribution is 5.82. The summed E-state index contributed by atoms with van der Waals surface area (Å²) in [5, 5.41) is 0. The predicted octanol–water partition coefficient (Wildman–Crippen LogP) is 8.62. The number of unbranched alkanes of at least 4 members (excludes halogenated alkanes) is 1. The zero-order valence-corrected chi connectivity index (χ0v) is 24.4. The Bertz CT molecular complexity index is 1410. The van der Waals surface area contributed by atoms with E-state index in [1.807, 2.05) is 0 Å². The molecule has 2 heterocycles. The van der Waals surface area contributed by atoms with Crippen molar-refractivity contribution >= 4 is 11.0 Å². The largest absolute Gasteiger partial charge is 0.290 e. The van der Waals surface area contributed by atoms with Gasteiger partial charge in [-0.2, -0.15) is 0 Å². The van der Waals surface area contributed by atoms with Crippen LogP contribution in [0, 0.1) is 5.92 Å². The maximum Gasteiger partial charge on any atom is 0.290 e. The average molecular weight is 496 g/mol. The van der Waals surface area contributed by atoms with Crippen molar-refractivity contribution in [2.24, 2.45) is 13.0 Å². The highest BCUT2D eigenvalue weighted by atomic mass is 15.2. The molecule has 0 radical (unpaired) electrons. The van der Waals surface area contributed by atoms with Crippen molar-refractivity contribution in [3.05, 3.63) is 65.7 Å². The molecule has 196 valence electrons. The Balaban J connectivity index is 1.71. The molecule has 2 nitrogen and oxygen atoms in total. The quantitative estimate of drug-likeness (QED) is 0.239. The third-order valence-electron chi connectivity index (χ3n) is 11.9. The minimum absolute atomic E-state index is 0.0257. The van der Waals surface area contributed by atoms with Crippen LogP contribution in [0.4, 0.5) is 0 Å². The van der Waals surface area contributed by atoms with Crippen molar-refractivity contribution in [3.8, 4) is 11.4 Å². The molecule has 2 aromatic carbocycles. The molecule has 0 spiro atoms. The zero-order valence-electron chi connectivity index (χ0n) is 24.4. The molecule has 1 aromatic heterocycles. The molecule has 0 amide bonds. The van der Waals surface area contributed by atoms with Gasteiger partial charge in [-0.15, -0.1) is 0 Å². The molecule has 1 fully saturated rings. The van der Waals surface area contributed by atoms with Crippen LogP contribution in [0.15, 0.2) is 49.1 Å². The SMILES string of the molecule is C=CC1(CC)n2c([n+](C)c3cc4c(cc32)C2(C)CCC4(C)C(CCCC)C2)-c2ccccc2C1(C)CC. The Kier molecular flexibility index (Phi) is 5.45. The molecular weight excluding hydrogens is 448 g/mol. The molecule has 5 atom stereocenters. The summed E-state index contributed by atoms with van der Waals surface area (Å²) in [4.78, 5) is 0. The van der Waals surface area contributed by atoms with Gasteiger partial charge in [0.05, 0.1) is 12.6 Å². The molecule has 3 aromatic rings. The first-order chi connectivity index (χ1) is 17.7. The third-order valence-corrected chi connectivity index (χ3v) is 11.9. The summed E-state index contributed by atoms with van der Waals surface area (Å²) in [6, 6.07) is 14.4. The fourth-order valence-electron chi connectivity index (χ4n) is 9.31. The van der Waals surface area contributed by atoms with E-state index in [-0.39, 0.29) is 16.4 Å². The number of imidazole rings is 1. The van der Waals surface area contributed by atoms with Gasteiger partial charge in [0.15, 0.2) is 11.0 Å². The van der Waals surface area contributed by atoms with E-state index in [1.165, 1.54) is 66.5 Å². The lowest BCUT2D eigenvalue weighted by molar-refractivity contribution is -0.634. The Morgan fingerprint density at radius 2 is 1.76 bits per heavy atom. The van der Waals surface area contributed by atoms with E-state index >= 15 is 0 Å². The number of aromatic nitrogens is 2. The van der Waals surface area contributed by atoms with Crippen LogP contribution in [0.5, 0.6) is 0 Å². The summed E-state index contributed by atoms with van der Waals surface area (Å²) >= 11 is 0. The van der Waals surface area contributed by atoms with Crippen molar-refractivity contribution in [1.29, 1.82) is 0 Å². The van der Waals surface area contributed by atoms with Crippen LogP contribution in [0.1, 0.15) is 110 Å². The van der Waals surface area contributed by atoms with Crippen LogP contribution in [0.3, 0.4) is 0 Å². The van der Waals surface area contributed by atoms with Gasteiger partial charge in [0.25, 0.3) is 5.82 Å². The van der Waals surface area contributed by atoms with Gasteiger partial charge in [-0.3, -0.25) is 0 Å². The van der Waals surface area contributed by atoms with Gasteiger partial charge in [-0.25, -0.2) is 9.13 Å². The molecule has 37 heavy (non-hydrogen) atoms. The van der Waals surface area contributed by atoms with E-state index < -0.39 is 0 Å². The predicted molar refractivity (Wildman–Crippen MR) is 156 cm³/mol. The fourth-order valence-corrected chi connectivity index (χ4v) is 9.31. The first-order valence-corrected chi connectivity index (χ1v) is 15.0. The van der Waals surface area contributed by atoms with Crippen LogP contribution in [0.25, 0.3) is 22.4 Å². The molecule has 7 rings (SSSR count). The smallest absolute Gasteiger partial charge is 0.226 e. The molecule has 2 heteroatoms. The normalized spacial score (nSPS) is 33.8. The highest BCUT2D eigenvalue weighted by Crippen LogP contribution is 2.61. The van der Waals surface area contributed by atoms with Crippen molar-refractivity contribution < 1.29 is 4.57 Å². The van der Waals surface area contributed by atoms with E-state index in [4.69, 9.17) is 0 Å². The Morgan fingerprint density at radius 3 is 2.43 bits per heavy atom. The van der Waals surface area contributed by atoms with Crippen LogP contribution >= 0.6 is 0 Å². The number of nitrogens with zero attached hydrogens (tertiary/aromatic N) is 2. The van der Waals surface area contributed by atoms with Crippen molar-refractivity contribution in [3.63, 3.8) is 0 Å². The van der Waals surface area contributed by atoms with Gasteiger partial charge in [0, 0.05) is 5.41 Å². The Hall–Kier alpha value is -2.35. The second-order valence-corrected chi connectivity index (χ2v) is 13.3. The highest BCUT2D eigenvalue weighted by Gasteiger charge is 2.58. The molecule has 0 N–H and O–H groups in total. The average Bonchev–Trinajstić information content (AvgIpc) is 3.21. The van der Waals surface area contributed by atoms with E-state index in [0.29, 0.717) is 5.41 Å². The first-order valence-electron chi connectivity index (χ1n) is 15.0. The molecule has 2 bridgehead atoms. The summed E-state index contributed by atoms with van der Waals surface area (Å²) in [5.41, 5.74) is 9.28. The fraction of sp³-hybridized carbons (Fsp3) is 0.571. The lowest BCUT2D eigenvalue weighted by Crippen LogP contribution is -2.53. The van der Waals surface area contributed by atoms with Gasteiger partial charge < -0.3 is 0 Å². The van der Waals surface area contributed by atoms with Crippen molar-refractivity contribution in [2.75, 3.05) is 0 Å². The molecule has 5 unspecified atom stereocenters. The lowest BCUT2D eigenvalue weighted by Gasteiger charge is -2.56. The van der Waals surface area contributed by atoms with E-state index in [2.05, 4.69) is 107 Å². The monoisotopic (exact) mass is 495 g/mol. The number of allylic oxidation sites excluding steroid dienone is 1. The van der Waals surface area contributed by atoms with Crippen molar-refractivity contribution in [2.45, 2.75) is 115 Å². The number of hydrogen-bond acceptors (Lipinski definition) is 0. The summed E-state index contributed by atoms with van der Waals surface area (Å²) in [6.07, 6.45) is 12.4. The van der Waals surface area contributed by atoms with Gasteiger partial charge in [0.1, 0.15) is 5.54 Å². The van der Waals surface area contributed by atoms with E-state index in [0.717, 1.165) is 18.8 Å². The van der Waals surface area contributed by atoms with Gasteiger partial charge in [0.2, 0.25) is 0 Å². The van der Waals surface area contributed by atoms with E-state index in [1.54, 1.807) is 11.1 Å². The number of fused-ring (bicyclic) bond motifs is 7. The van der Waals surface area contributed by atoms with Gasteiger partial charge >= 0.3 is 0 Å². The number of hydrogen-bond donors (Lipinski definition) is 0. The number of aryl methyl sites for hydroxylation is 1. The second kappa shape index (κ2) is 8.08. The van der Waals surface area contributed by atoms with Gasteiger partial charge in [-0.05, 0) is 96.2 Å². The minimum atomic E-state index is -0.179. The standard InChI is InChI=1S/C35H47N2/c1-9-13-16-24-23-32(5)19-20-33(24,6)28-22-29-30(21-27(28)32)37-31(36(29)8)25-17-14-15-18-26(25)34(7,10-2)35(37,11-3)12-4/h11,14-15,17-18,21-22,24H,3,9-10,12-13,16,19-20,23H2,1-2,4-8H3/q+1. The summed E-state index contributed by atoms with van der Waals surface area (Å²) in [7, 11) is 2.30. The summed E-state index contributed by atoms with van der Waals surface area (Å²) < 4.78 is 5.22. The third kappa shape index (κ3) is 2.86. The van der Waals surface area contributed by atoms with Crippen LogP contribution < -0.4 is 4.57 Å². The molecule has 3 aliphatic carbocycles. The maximum atomic E-state index is 4.52. The maximum absolute atomic E-state index is 4.52. The Labute approximate surface area is 224 Å². The van der Waals surface area contributed by atoms with Crippen molar-refractivity contribution in [1.82, 2.24) is 4.57 Å².